The Hall–Kier alpha value is -0.0900. The average Bonchev–Trinajstić information content (AvgIpc) is 2.51. The Bertz CT molecular complexity index is 260. The molecule has 0 spiro atoms. The highest BCUT2D eigenvalue weighted by Crippen LogP contribution is 2.54. The maximum Gasteiger partial charge on any atom is 0.153 e. The van der Waals surface area contributed by atoms with E-state index in [1.54, 1.807) is 0 Å². The largest absolute Gasteiger partial charge is 0.330 e. The van der Waals surface area contributed by atoms with Crippen LogP contribution in [0.5, 0.6) is 0 Å². The molecule has 2 N–H and O–H groups in total. The van der Waals surface area contributed by atoms with Gasteiger partial charge in [0.15, 0.2) is 9.84 Å². The first-order valence-corrected chi connectivity index (χ1v) is 5.80. The molecule has 0 radical (unpaired) electrons. The second kappa shape index (κ2) is 2.20. The van der Waals surface area contributed by atoms with Crippen molar-refractivity contribution in [2.24, 2.45) is 17.6 Å². The van der Waals surface area contributed by atoms with Gasteiger partial charge in [-0.25, -0.2) is 8.42 Å². The van der Waals surface area contributed by atoms with Crippen molar-refractivity contribution in [1.82, 2.24) is 0 Å². The zero-order chi connectivity index (χ0) is 8.06. The van der Waals surface area contributed by atoms with E-state index in [1.807, 2.05) is 0 Å². The molecule has 2 aliphatic rings. The Balaban J connectivity index is 2.07. The zero-order valence-electron chi connectivity index (χ0n) is 6.36. The molecule has 0 amide bonds. The fourth-order valence-electron chi connectivity index (χ4n) is 2.33. The van der Waals surface area contributed by atoms with Gasteiger partial charge in [-0.15, -0.1) is 0 Å². The maximum absolute atomic E-state index is 11.2. The molecular formula is C7H13NO2S. The van der Waals surface area contributed by atoms with Crippen LogP contribution in [0, 0.1) is 11.8 Å². The van der Waals surface area contributed by atoms with E-state index >= 15 is 0 Å². The molecule has 0 aromatic heterocycles. The predicted molar refractivity (Wildman–Crippen MR) is 42.8 cm³/mol. The van der Waals surface area contributed by atoms with E-state index in [9.17, 15) is 8.42 Å². The molecule has 1 heterocycles. The lowest BCUT2D eigenvalue weighted by Crippen LogP contribution is -2.12. The summed E-state index contributed by atoms with van der Waals surface area (Å²) in [4.78, 5) is 0. The zero-order valence-corrected chi connectivity index (χ0v) is 7.18. The van der Waals surface area contributed by atoms with Crippen molar-refractivity contribution in [1.29, 1.82) is 0 Å². The van der Waals surface area contributed by atoms with Gasteiger partial charge in [-0.1, -0.05) is 0 Å². The first-order chi connectivity index (χ1) is 5.17. The van der Waals surface area contributed by atoms with Crippen molar-refractivity contribution in [3.05, 3.63) is 0 Å². The Morgan fingerprint density at radius 1 is 1.45 bits per heavy atom. The van der Waals surface area contributed by atoms with E-state index in [2.05, 4.69) is 0 Å². The summed E-state index contributed by atoms with van der Waals surface area (Å²) in [5, 5.41) is 0.00560. The van der Waals surface area contributed by atoms with Gasteiger partial charge in [0.25, 0.3) is 0 Å². The summed E-state index contributed by atoms with van der Waals surface area (Å²) in [6.07, 6.45) is 1.78. The first-order valence-electron chi connectivity index (χ1n) is 4.08. The van der Waals surface area contributed by atoms with Gasteiger partial charge in [0.2, 0.25) is 0 Å². The standard InChI is InChI=1S/C7H13NO2S/c8-3-1-5-6-2-4-11(9,10)7(5)6/h5-7H,1-4,8H2/t5?,6-,7+/m1/s1. The van der Waals surface area contributed by atoms with Crippen LogP contribution >= 0.6 is 0 Å². The number of nitrogens with two attached hydrogens (primary N) is 1. The highest BCUT2D eigenvalue weighted by atomic mass is 32.2. The number of sulfone groups is 1. The van der Waals surface area contributed by atoms with E-state index in [-0.39, 0.29) is 5.25 Å². The summed E-state index contributed by atoms with van der Waals surface area (Å²) in [5.74, 6) is 1.31. The lowest BCUT2D eigenvalue weighted by Gasteiger charge is -1.99. The minimum atomic E-state index is -2.68. The number of rotatable bonds is 2. The molecule has 1 saturated carbocycles. The molecule has 2 rings (SSSR count). The second-order valence-corrected chi connectivity index (χ2v) is 5.80. The van der Waals surface area contributed by atoms with E-state index in [1.165, 1.54) is 0 Å². The molecule has 1 aliphatic carbocycles. The molecule has 3 atom stereocenters. The second-order valence-electron chi connectivity index (χ2n) is 3.53. The van der Waals surface area contributed by atoms with Gasteiger partial charge in [-0.2, -0.15) is 0 Å². The molecule has 1 saturated heterocycles. The third kappa shape index (κ3) is 0.999. The van der Waals surface area contributed by atoms with Crippen molar-refractivity contribution in [2.45, 2.75) is 18.1 Å². The molecule has 2 fully saturated rings. The number of hydrogen-bond donors (Lipinski definition) is 1. The van der Waals surface area contributed by atoms with Crippen molar-refractivity contribution < 1.29 is 8.42 Å². The van der Waals surface area contributed by atoms with Gasteiger partial charge in [0.1, 0.15) is 0 Å². The number of fused-ring (bicyclic) bond motifs is 1. The van der Waals surface area contributed by atoms with Crippen LogP contribution in [-0.2, 0) is 9.84 Å². The molecule has 1 aliphatic heterocycles. The smallest absolute Gasteiger partial charge is 0.153 e. The van der Waals surface area contributed by atoms with Gasteiger partial charge in [-0.05, 0) is 31.2 Å². The van der Waals surface area contributed by atoms with Crippen molar-refractivity contribution in [3.8, 4) is 0 Å². The first kappa shape index (κ1) is 7.55. The van der Waals surface area contributed by atoms with Crippen molar-refractivity contribution in [2.75, 3.05) is 12.3 Å². The maximum atomic E-state index is 11.2. The molecule has 1 unspecified atom stereocenters. The summed E-state index contributed by atoms with van der Waals surface area (Å²) >= 11 is 0. The highest BCUT2D eigenvalue weighted by Gasteiger charge is 2.60. The topological polar surface area (TPSA) is 60.2 Å². The molecular weight excluding hydrogens is 162 g/mol. The fraction of sp³-hybridized carbons (Fsp3) is 1.00. The van der Waals surface area contributed by atoms with Gasteiger partial charge in [-0.3, -0.25) is 0 Å². The molecule has 3 nitrogen and oxygen atoms in total. The van der Waals surface area contributed by atoms with Crippen LogP contribution in [0.1, 0.15) is 12.8 Å². The SMILES string of the molecule is NCCC1[C@H]2CCS(=O)(=O)[C@@H]12. The molecule has 0 aromatic rings. The minimum Gasteiger partial charge on any atom is -0.330 e. The van der Waals surface area contributed by atoms with Crippen LogP contribution in [0.4, 0.5) is 0 Å². The van der Waals surface area contributed by atoms with Crippen LogP contribution in [0.15, 0.2) is 0 Å². The number of hydrogen-bond acceptors (Lipinski definition) is 3. The molecule has 11 heavy (non-hydrogen) atoms. The quantitative estimate of drug-likeness (QED) is 0.630. The van der Waals surface area contributed by atoms with E-state index in [4.69, 9.17) is 5.73 Å². The Morgan fingerprint density at radius 3 is 2.64 bits per heavy atom. The highest BCUT2D eigenvalue weighted by molar-refractivity contribution is 7.92. The predicted octanol–water partition coefficient (Wildman–Crippen LogP) is -0.232. The third-order valence-corrected chi connectivity index (χ3v) is 5.24. The van der Waals surface area contributed by atoms with Gasteiger partial charge in [0, 0.05) is 0 Å². The fourth-order valence-corrected chi connectivity index (χ4v) is 4.85. The lowest BCUT2D eigenvalue weighted by molar-refractivity contribution is 0.582. The Morgan fingerprint density at radius 2 is 2.18 bits per heavy atom. The lowest BCUT2D eigenvalue weighted by atomic mass is 10.2. The van der Waals surface area contributed by atoms with Crippen LogP contribution in [0.25, 0.3) is 0 Å². The molecule has 0 aromatic carbocycles. The van der Waals surface area contributed by atoms with Gasteiger partial charge < -0.3 is 5.73 Å². The van der Waals surface area contributed by atoms with Gasteiger partial charge in [0.05, 0.1) is 11.0 Å². The summed E-state index contributed by atoms with van der Waals surface area (Å²) in [6, 6.07) is 0. The molecule has 0 bridgehead atoms. The van der Waals surface area contributed by atoms with Crippen LogP contribution in [-0.4, -0.2) is 26.0 Å². The monoisotopic (exact) mass is 175 g/mol. The van der Waals surface area contributed by atoms with E-state index in [0.29, 0.717) is 24.1 Å². The van der Waals surface area contributed by atoms with Crippen molar-refractivity contribution >= 4 is 9.84 Å². The third-order valence-electron chi connectivity index (χ3n) is 2.90. The summed E-state index contributed by atoms with van der Waals surface area (Å²) in [6.45, 7) is 0.632. The van der Waals surface area contributed by atoms with Crippen molar-refractivity contribution in [3.63, 3.8) is 0 Å². The summed E-state index contributed by atoms with van der Waals surface area (Å²) < 4.78 is 22.5. The minimum absolute atomic E-state index is 0.00560. The Labute approximate surface area is 66.9 Å². The van der Waals surface area contributed by atoms with E-state index < -0.39 is 9.84 Å². The molecule has 4 heteroatoms. The summed E-state index contributed by atoms with van der Waals surface area (Å²) in [5.41, 5.74) is 5.37. The molecule has 64 valence electrons. The normalized spacial score (nSPS) is 45.4. The van der Waals surface area contributed by atoms with Crippen LogP contribution in [0.3, 0.4) is 0 Å². The van der Waals surface area contributed by atoms with Gasteiger partial charge >= 0.3 is 0 Å². The summed E-state index contributed by atoms with van der Waals surface area (Å²) in [7, 11) is -2.68. The van der Waals surface area contributed by atoms with E-state index in [0.717, 1.165) is 12.8 Å². The van der Waals surface area contributed by atoms with Crippen LogP contribution in [0.2, 0.25) is 0 Å². The Kier molecular flexibility index (Phi) is 1.51. The van der Waals surface area contributed by atoms with Crippen LogP contribution < -0.4 is 5.73 Å². The average molecular weight is 175 g/mol.